The van der Waals surface area contributed by atoms with Crippen molar-refractivity contribution >= 4 is 17.6 Å². The molecule has 0 bridgehead atoms. The van der Waals surface area contributed by atoms with Crippen LogP contribution in [0, 0.1) is 0 Å². The number of hydrogen-bond acceptors (Lipinski definition) is 5. The minimum atomic E-state index is -0.840. The van der Waals surface area contributed by atoms with E-state index in [1.807, 2.05) is 0 Å². The van der Waals surface area contributed by atoms with Gasteiger partial charge in [-0.2, -0.15) is 0 Å². The molecule has 0 aliphatic rings. The Labute approximate surface area is 106 Å². The molecular weight excluding hydrogens is 240 g/mol. The van der Waals surface area contributed by atoms with Crippen LogP contribution in [-0.2, 0) is 23.9 Å². The van der Waals surface area contributed by atoms with Gasteiger partial charge >= 0.3 is 0 Å². The van der Waals surface area contributed by atoms with Gasteiger partial charge < -0.3 is 25.3 Å². The molecular formula is C11H20N2O5. The number of carbonyl (C=O) groups is 3. The van der Waals surface area contributed by atoms with Gasteiger partial charge in [0, 0.05) is 13.5 Å². The van der Waals surface area contributed by atoms with Crippen LogP contribution in [0.2, 0.25) is 0 Å². The monoisotopic (exact) mass is 260 g/mol. The molecule has 1 atom stereocenters. The van der Waals surface area contributed by atoms with E-state index in [4.69, 9.17) is 15.2 Å². The average Bonchev–Trinajstić information content (AvgIpc) is 2.29. The molecule has 0 radical (unpaired) electrons. The zero-order valence-corrected chi connectivity index (χ0v) is 10.7. The number of hydrogen-bond donors (Lipinski definition) is 2. The Kier molecular flexibility index (Phi) is 8.77. The molecule has 0 saturated carbocycles. The second-order valence-electron chi connectivity index (χ2n) is 3.81. The van der Waals surface area contributed by atoms with Crippen molar-refractivity contribution in [3.63, 3.8) is 0 Å². The van der Waals surface area contributed by atoms with E-state index in [9.17, 15) is 14.4 Å². The van der Waals surface area contributed by atoms with Gasteiger partial charge in [-0.05, 0) is 13.3 Å². The van der Waals surface area contributed by atoms with E-state index in [1.54, 1.807) is 0 Å². The molecule has 18 heavy (non-hydrogen) atoms. The lowest BCUT2D eigenvalue weighted by molar-refractivity contribution is -0.131. The van der Waals surface area contributed by atoms with Gasteiger partial charge in [0.25, 0.3) is 0 Å². The summed E-state index contributed by atoms with van der Waals surface area (Å²) < 4.78 is 9.73. The molecule has 7 nitrogen and oxygen atoms in total. The van der Waals surface area contributed by atoms with Gasteiger partial charge in [0.1, 0.15) is 18.4 Å². The van der Waals surface area contributed by atoms with Crippen molar-refractivity contribution < 1.29 is 23.9 Å². The van der Waals surface area contributed by atoms with E-state index in [1.165, 1.54) is 14.0 Å². The molecule has 0 aromatic carbocycles. The van der Waals surface area contributed by atoms with Crippen LogP contribution in [0.1, 0.15) is 19.8 Å². The first-order valence-electron chi connectivity index (χ1n) is 5.62. The number of Topliss-reactive ketones (excluding diaryl/α,β-unsaturated/α-hetero) is 1. The Morgan fingerprint density at radius 1 is 1.28 bits per heavy atom. The number of carbonyl (C=O) groups excluding carboxylic acids is 3. The van der Waals surface area contributed by atoms with Crippen molar-refractivity contribution in [2.45, 2.75) is 25.8 Å². The summed E-state index contributed by atoms with van der Waals surface area (Å²) in [4.78, 5) is 33.3. The number of rotatable bonds is 10. The fourth-order valence-corrected chi connectivity index (χ4v) is 1.18. The fourth-order valence-electron chi connectivity index (χ4n) is 1.18. The second-order valence-corrected chi connectivity index (χ2v) is 3.81. The number of nitrogens with two attached hydrogens (primary N) is 1. The fraction of sp³-hybridized carbons (Fsp3) is 0.727. The Morgan fingerprint density at radius 2 is 1.94 bits per heavy atom. The van der Waals surface area contributed by atoms with E-state index in [-0.39, 0.29) is 25.2 Å². The summed E-state index contributed by atoms with van der Waals surface area (Å²) >= 11 is 0. The van der Waals surface area contributed by atoms with Crippen molar-refractivity contribution in [2.24, 2.45) is 5.73 Å². The van der Waals surface area contributed by atoms with Gasteiger partial charge in [-0.1, -0.05) is 0 Å². The van der Waals surface area contributed by atoms with E-state index >= 15 is 0 Å². The summed E-state index contributed by atoms with van der Waals surface area (Å²) in [5, 5.41) is 2.42. The molecule has 104 valence electrons. The maximum atomic E-state index is 11.4. The maximum absolute atomic E-state index is 11.4. The van der Waals surface area contributed by atoms with Gasteiger partial charge in [-0.3, -0.25) is 9.59 Å². The van der Waals surface area contributed by atoms with Gasteiger partial charge in [-0.25, -0.2) is 0 Å². The van der Waals surface area contributed by atoms with Crippen LogP contribution in [0.5, 0.6) is 0 Å². The number of ketones is 1. The summed E-state index contributed by atoms with van der Waals surface area (Å²) in [5.74, 6) is -1.17. The van der Waals surface area contributed by atoms with Crippen LogP contribution >= 0.6 is 0 Å². The first-order chi connectivity index (χ1) is 8.47. The SMILES string of the molecule is COCCOCC(=O)N[C@H](CCC(C)=O)C(N)=O. The molecule has 2 amide bonds. The van der Waals surface area contributed by atoms with Crippen LogP contribution in [0.4, 0.5) is 0 Å². The number of amides is 2. The number of ether oxygens (including phenoxy) is 2. The predicted molar refractivity (Wildman–Crippen MR) is 63.7 cm³/mol. The topological polar surface area (TPSA) is 108 Å². The maximum Gasteiger partial charge on any atom is 0.246 e. The highest BCUT2D eigenvalue weighted by atomic mass is 16.5. The summed E-state index contributed by atoms with van der Waals surface area (Å²) in [6, 6.07) is -0.840. The molecule has 0 fully saturated rings. The largest absolute Gasteiger partial charge is 0.382 e. The molecule has 0 aliphatic carbocycles. The number of nitrogens with one attached hydrogen (secondary N) is 1. The third kappa shape index (κ3) is 8.66. The van der Waals surface area contributed by atoms with Crippen molar-refractivity contribution in [3.05, 3.63) is 0 Å². The standard InChI is InChI=1S/C11H20N2O5/c1-8(14)3-4-9(11(12)16)13-10(15)7-18-6-5-17-2/h9H,3-7H2,1-2H3,(H2,12,16)(H,13,15)/t9-/m1/s1. The quantitative estimate of drug-likeness (QED) is 0.489. The molecule has 0 aromatic heterocycles. The highest BCUT2D eigenvalue weighted by Crippen LogP contribution is 1.98. The molecule has 0 rings (SSSR count). The second kappa shape index (κ2) is 9.55. The number of methoxy groups -OCH3 is 1. The Morgan fingerprint density at radius 3 is 2.44 bits per heavy atom. The Hall–Kier alpha value is -1.47. The zero-order chi connectivity index (χ0) is 14.0. The number of primary amides is 1. The van der Waals surface area contributed by atoms with Gasteiger partial charge in [0.15, 0.2) is 0 Å². The van der Waals surface area contributed by atoms with E-state index in [2.05, 4.69) is 5.32 Å². The third-order valence-corrected chi connectivity index (χ3v) is 2.13. The molecule has 0 aliphatic heterocycles. The lowest BCUT2D eigenvalue weighted by Gasteiger charge is -2.14. The van der Waals surface area contributed by atoms with Crippen LogP contribution in [0.25, 0.3) is 0 Å². The van der Waals surface area contributed by atoms with E-state index < -0.39 is 17.9 Å². The molecule has 7 heteroatoms. The highest BCUT2D eigenvalue weighted by molar-refractivity contribution is 5.87. The lowest BCUT2D eigenvalue weighted by Crippen LogP contribution is -2.46. The zero-order valence-electron chi connectivity index (χ0n) is 10.7. The molecule has 0 saturated heterocycles. The van der Waals surface area contributed by atoms with Crippen LogP contribution in [0.15, 0.2) is 0 Å². The van der Waals surface area contributed by atoms with Crippen LogP contribution in [0.3, 0.4) is 0 Å². The van der Waals surface area contributed by atoms with E-state index in [0.29, 0.717) is 13.2 Å². The van der Waals surface area contributed by atoms with Crippen molar-refractivity contribution in [1.82, 2.24) is 5.32 Å². The van der Waals surface area contributed by atoms with Crippen LogP contribution in [-0.4, -0.2) is 50.6 Å². The van der Waals surface area contributed by atoms with Crippen molar-refractivity contribution in [2.75, 3.05) is 26.9 Å². The average molecular weight is 260 g/mol. The summed E-state index contributed by atoms with van der Waals surface area (Å²) in [6.45, 7) is 1.91. The molecule has 0 aromatic rings. The van der Waals surface area contributed by atoms with Crippen molar-refractivity contribution in [1.29, 1.82) is 0 Å². The van der Waals surface area contributed by atoms with Gasteiger partial charge in [0.05, 0.1) is 13.2 Å². The lowest BCUT2D eigenvalue weighted by atomic mass is 10.1. The van der Waals surface area contributed by atoms with Gasteiger partial charge in [-0.15, -0.1) is 0 Å². The Balaban J connectivity index is 3.96. The molecule has 0 spiro atoms. The van der Waals surface area contributed by atoms with Crippen LogP contribution < -0.4 is 11.1 Å². The summed E-state index contributed by atoms with van der Waals surface area (Å²) in [5.41, 5.74) is 5.12. The first kappa shape index (κ1) is 16.5. The minimum absolute atomic E-state index is 0.0631. The van der Waals surface area contributed by atoms with Gasteiger partial charge in [0.2, 0.25) is 11.8 Å². The minimum Gasteiger partial charge on any atom is -0.382 e. The smallest absolute Gasteiger partial charge is 0.246 e. The molecule has 0 heterocycles. The Bertz CT molecular complexity index is 293. The highest BCUT2D eigenvalue weighted by Gasteiger charge is 2.18. The predicted octanol–water partition coefficient (Wildman–Crippen LogP) is -1.01. The summed E-state index contributed by atoms with van der Waals surface area (Å²) in [6.07, 6.45) is 0.396. The normalized spacial score (nSPS) is 11.9. The molecule has 0 unspecified atom stereocenters. The first-order valence-corrected chi connectivity index (χ1v) is 5.62. The van der Waals surface area contributed by atoms with E-state index in [0.717, 1.165) is 0 Å². The molecule has 3 N–H and O–H groups in total. The summed E-state index contributed by atoms with van der Waals surface area (Å²) in [7, 11) is 1.52. The van der Waals surface area contributed by atoms with Crippen molar-refractivity contribution in [3.8, 4) is 0 Å². The third-order valence-electron chi connectivity index (χ3n) is 2.13.